The van der Waals surface area contributed by atoms with Crippen molar-refractivity contribution < 1.29 is 18.7 Å². The molecule has 0 bridgehead atoms. The third kappa shape index (κ3) is 4.39. The summed E-state index contributed by atoms with van der Waals surface area (Å²) in [6, 6.07) is 11.5. The molecular weight excluding hydrogens is 317 g/mol. The van der Waals surface area contributed by atoms with Crippen molar-refractivity contribution in [2.45, 2.75) is 17.1 Å². The van der Waals surface area contributed by atoms with Gasteiger partial charge in [-0.3, -0.25) is 4.79 Å². The molecule has 0 fully saturated rings. The fraction of sp³-hybridized carbons (Fsp3) is 0.235. The van der Waals surface area contributed by atoms with E-state index >= 15 is 0 Å². The molecule has 2 aromatic rings. The first-order valence-electron chi connectivity index (χ1n) is 6.99. The Kier molecular flexibility index (Phi) is 5.87. The van der Waals surface area contributed by atoms with Crippen LogP contribution in [0.2, 0.25) is 0 Å². The first kappa shape index (κ1) is 17.1. The summed E-state index contributed by atoms with van der Waals surface area (Å²) in [6.45, 7) is 1.76. The lowest BCUT2D eigenvalue weighted by Crippen LogP contribution is -2.22. The molecule has 0 radical (unpaired) electrons. The van der Waals surface area contributed by atoms with Gasteiger partial charge in [0.25, 0.3) is 0 Å². The Morgan fingerprint density at radius 1 is 1.13 bits per heavy atom. The second-order valence-electron chi connectivity index (χ2n) is 4.75. The van der Waals surface area contributed by atoms with Crippen LogP contribution in [0.5, 0.6) is 11.5 Å². The lowest BCUT2D eigenvalue weighted by Gasteiger charge is -2.14. The fourth-order valence-electron chi connectivity index (χ4n) is 1.94. The van der Waals surface area contributed by atoms with Crippen molar-refractivity contribution in [3.8, 4) is 11.5 Å². The Labute approximate surface area is 139 Å². The van der Waals surface area contributed by atoms with Crippen molar-refractivity contribution in [2.24, 2.45) is 0 Å². The quantitative estimate of drug-likeness (QED) is 0.812. The van der Waals surface area contributed by atoms with Crippen LogP contribution in [0.3, 0.4) is 0 Å². The molecule has 1 unspecified atom stereocenters. The monoisotopic (exact) mass is 335 g/mol. The Hall–Kier alpha value is -2.21. The summed E-state index contributed by atoms with van der Waals surface area (Å²) in [5, 5.41) is 2.20. The molecule has 0 heterocycles. The topological polar surface area (TPSA) is 47.6 Å². The summed E-state index contributed by atoms with van der Waals surface area (Å²) < 4.78 is 24.0. The molecule has 0 aromatic heterocycles. The molecule has 2 aromatic carbocycles. The number of hydrogen-bond donors (Lipinski definition) is 1. The molecule has 0 aliphatic heterocycles. The average molecular weight is 335 g/mol. The van der Waals surface area contributed by atoms with Crippen molar-refractivity contribution >= 4 is 23.4 Å². The molecule has 122 valence electrons. The molecule has 1 N–H and O–H groups in total. The van der Waals surface area contributed by atoms with Gasteiger partial charge in [0.15, 0.2) is 11.5 Å². The Bertz CT molecular complexity index is 693. The number of amides is 1. The molecule has 0 saturated carbocycles. The van der Waals surface area contributed by atoms with E-state index in [-0.39, 0.29) is 11.6 Å². The fourth-order valence-corrected chi connectivity index (χ4v) is 2.84. The van der Waals surface area contributed by atoms with Crippen molar-refractivity contribution in [2.75, 3.05) is 19.5 Å². The number of benzene rings is 2. The summed E-state index contributed by atoms with van der Waals surface area (Å²) in [5.74, 6) is 0.499. The maximum absolute atomic E-state index is 13.6. The SMILES string of the molecule is COc1ccc(SC(C)C(=O)Nc2ccccc2F)cc1OC. The predicted octanol–water partition coefficient (Wildman–Crippen LogP) is 3.96. The minimum atomic E-state index is -0.454. The third-order valence-electron chi connectivity index (χ3n) is 3.17. The van der Waals surface area contributed by atoms with Gasteiger partial charge in [-0.2, -0.15) is 0 Å². The molecule has 0 aliphatic carbocycles. The van der Waals surface area contributed by atoms with Gasteiger partial charge in [-0.25, -0.2) is 4.39 Å². The maximum Gasteiger partial charge on any atom is 0.237 e. The molecule has 0 spiro atoms. The maximum atomic E-state index is 13.6. The number of methoxy groups -OCH3 is 2. The number of para-hydroxylation sites is 1. The van der Waals surface area contributed by atoms with Gasteiger partial charge in [-0.05, 0) is 37.3 Å². The average Bonchev–Trinajstić information content (AvgIpc) is 2.56. The molecule has 4 nitrogen and oxygen atoms in total. The molecule has 1 amide bonds. The van der Waals surface area contributed by atoms with Crippen LogP contribution in [-0.4, -0.2) is 25.4 Å². The first-order chi connectivity index (χ1) is 11.0. The van der Waals surface area contributed by atoms with Crippen LogP contribution < -0.4 is 14.8 Å². The van der Waals surface area contributed by atoms with E-state index in [0.29, 0.717) is 11.5 Å². The highest BCUT2D eigenvalue weighted by Crippen LogP contribution is 2.33. The minimum absolute atomic E-state index is 0.178. The van der Waals surface area contributed by atoms with E-state index in [0.717, 1.165) is 4.90 Å². The second-order valence-corrected chi connectivity index (χ2v) is 6.16. The van der Waals surface area contributed by atoms with Crippen LogP contribution in [0.15, 0.2) is 47.4 Å². The van der Waals surface area contributed by atoms with Gasteiger partial charge in [0, 0.05) is 4.90 Å². The Morgan fingerprint density at radius 2 is 1.83 bits per heavy atom. The van der Waals surface area contributed by atoms with E-state index < -0.39 is 11.1 Å². The van der Waals surface area contributed by atoms with Gasteiger partial charge in [0.1, 0.15) is 5.82 Å². The standard InChI is InChI=1S/C17H18FNO3S/c1-11(17(20)19-14-7-5-4-6-13(14)18)23-12-8-9-15(21-2)16(10-12)22-3/h4-11H,1-3H3,(H,19,20). The molecule has 0 saturated heterocycles. The molecular formula is C17H18FNO3S. The Morgan fingerprint density at radius 3 is 2.48 bits per heavy atom. The number of anilines is 1. The van der Waals surface area contributed by atoms with Gasteiger partial charge >= 0.3 is 0 Å². The number of rotatable bonds is 6. The summed E-state index contributed by atoms with van der Waals surface area (Å²) in [4.78, 5) is 13.1. The third-order valence-corrected chi connectivity index (χ3v) is 4.26. The normalized spacial score (nSPS) is 11.7. The van der Waals surface area contributed by atoms with Crippen LogP contribution >= 0.6 is 11.8 Å². The van der Waals surface area contributed by atoms with Crippen molar-refractivity contribution in [3.63, 3.8) is 0 Å². The second kappa shape index (κ2) is 7.87. The molecule has 2 rings (SSSR count). The van der Waals surface area contributed by atoms with E-state index in [1.165, 1.54) is 23.9 Å². The van der Waals surface area contributed by atoms with Crippen LogP contribution in [0.25, 0.3) is 0 Å². The van der Waals surface area contributed by atoms with Gasteiger partial charge in [-0.1, -0.05) is 12.1 Å². The van der Waals surface area contributed by atoms with Gasteiger partial charge in [0.05, 0.1) is 25.2 Å². The van der Waals surface area contributed by atoms with Crippen LogP contribution in [0.4, 0.5) is 10.1 Å². The van der Waals surface area contributed by atoms with Crippen molar-refractivity contribution in [3.05, 3.63) is 48.3 Å². The van der Waals surface area contributed by atoms with Crippen LogP contribution in [0.1, 0.15) is 6.92 Å². The van der Waals surface area contributed by atoms with E-state index in [4.69, 9.17) is 9.47 Å². The summed E-state index contributed by atoms with van der Waals surface area (Å²) in [6.07, 6.45) is 0. The number of thioether (sulfide) groups is 1. The smallest absolute Gasteiger partial charge is 0.237 e. The number of ether oxygens (including phenoxy) is 2. The largest absolute Gasteiger partial charge is 0.493 e. The summed E-state index contributed by atoms with van der Waals surface area (Å²) >= 11 is 1.36. The van der Waals surface area contributed by atoms with Crippen LogP contribution in [0, 0.1) is 5.82 Å². The van der Waals surface area contributed by atoms with E-state index in [1.54, 1.807) is 45.4 Å². The lowest BCUT2D eigenvalue weighted by molar-refractivity contribution is -0.115. The lowest BCUT2D eigenvalue weighted by atomic mass is 10.3. The minimum Gasteiger partial charge on any atom is -0.493 e. The summed E-state index contributed by atoms with van der Waals surface area (Å²) in [7, 11) is 3.12. The highest BCUT2D eigenvalue weighted by molar-refractivity contribution is 8.00. The van der Waals surface area contributed by atoms with Gasteiger partial charge in [0.2, 0.25) is 5.91 Å². The zero-order valence-electron chi connectivity index (χ0n) is 13.1. The van der Waals surface area contributed by atoms with E-state index in [1.807, 2.05) is 6.07 Å². The van der Waals surface area contributed by atoms with Crippen LogP contribution in [-0.2, 0) is 4.79 Å². The highest BCUT2D eigenvalue weighted by Gasteiger charge is 2.17. The number of carbonyl (C=O) groups is 1. The van der Waals surface area contributed by atoms with E-state index in [2.05, 4.69) is 5.32 Å². The van der Waals surface area contributed by atoms with Gasteiger partial charge in [-0.15, -0.1) is 11.8 Å². The van der Waals surface area contributed by atoms with Crippen molar-refractivity contribution in [1.82, 2.24) is 0 Å². The zero-order valence-corrected chi connectivity index (χ0v) is 13.9. The summed E-state index contributed by atoms with van der Waals surface area (Å²) in [5.41, 5.74) is 0.178. The zero-order chi connectivity index (χ0) is 16.8. The number of hydrogen-bond acceptors (Lipinski definition) is 4. The van der Waals surface area contributed by atoms with Gasteiger partial charge < -0.3 is 14.8 Å². The number of nitrogens with one attached hydrogen (secondary N) is 1. The first-order valence-corrected chi connectivity index (χ1v) is 7.87. The highest BCUT2D eigenvalue weighted by atomic mass is 32.2. The molecule has 23 heavy (non-hydrogen) atoms. The Balaban J connectivity index is 2.05. The van der Waals surface area contributed by atoms with E-state index in [9.17, 15) is 9.18 Å². The molecule has 6 heteroatoms. The molecule has 0 aliphatic rings. The number of carbonyl (C=O) groups excluding carboxylic acids is 1. The predicted molar refractivity (Wildman–Crippen MR) is 89.9 cm³/mol. The molecule has 1 atom stereocenters. The number of halogens is 1. The van der Waals surface area contributed by atoms with Crippen molar-refractivity contribution in [1.29, 1.82) is 0 Å².